The summed E-state index contributed by atoms with van der Waals surface area (Å²) in [5, 5.41) is 51.9. The molecule has 28 nitrogen and oxygen atoms in total. The number of carbonyl (C=O) groups excluding carboxylic acids is 11. The third-order valence-electron chi connectivity index (χ3n) is 15.4. The molecule has 11 atom stereocenters. The Morgan fingerprint density at radius 3 is 2.19 bits per heavy atom. The summed E-state index contributed by atoms with van der Waals surface area (Å²) >= 11 is -1.11. The van der Waals surface area contributed by atoms with Crippen LogP contribution in [-0.2, 0) is 76.1 Å². The van der Waals surface area contributed by atoms with Crippen molar-refractivity contribution in [3.8, 4) is 11.5 Å². The van der Waals surface area contributed by atoms with Crippen LogP contribution < -0.4 is 57.7 Å². The molecule has 2 aromatic carbocycles. The molecular formula is C56H73F4N11O17S2. The highest BCUT2D eigenvalue weighted by Crippen LogP contribution is 2.37. The van der Waals surface area contributed by atoms with E-state index in [-0.39, 0.29) is 52.7 Å². The van der Waals surface area contributed by atoms with Gasteiger partial charge >= 0.3 is 5.97 Å². The molecule has 1 fully saturated rings. The number of hydrogen-bond donors (Lipinski definition) is 13. The number of amides is 10. The van der Waals surface area contributed by atoms with Gasteiger partial charge in [-0.2, -0.15) is 20.5 Å². The zero-order chi connectivity index (χ0) is 66.3. The first-order valence-electron chi connectivity index (χ1n) is 28.8. The van der Waals surface area contributed by atoms with Gasteiger partial charge in [-0.15, -0.1) is 0 Å². The number of esters is 1. The Kier molecular flexibility index (Phi) is 26.0. The maximum atomic E-state index is 15.3. The van der Waals surface area contributed by atoms with E-state index in [9.17, 15) is 85.6 Å². The average Bonchev–Trinajstić information content (AvgIpc) is 1.62. The van der Waals surface area contributed by atoms with Gasteiger partial charge in [-0.05, 0) is 43.1 Å². The zero-order valence-electron chi connectivity index (χ0n) is 49.4. The topological polar surface area (TPSA) is 431 Å². The van der Waals surface area contributed by atoms with Crippen LogP contribution in [0.25, 0.3) is 10.9 Å². The molecule has 3 aliphatic rings. The summed E-state index contributed by atoms with van der Waals surface area (Å²) in [7, 11) is 1.38. The molecule has 2 bridgehead atoms. The third kappa shape index (κ3) is 18.4. The Hall–Kier alpha value is -7.79. The lowest BCUT2D eigenvalue weighted by molar-refractivity contribution is -0.144. The second-order valence-corrected chi connectivity index (χ2v) is 24.4. The number of unbranched alkanes of at least 4 members (excludes halogenated alkanes) is 1. The Bertz CT molecular complexity index is 3180. The molecule has 0 radical (unpaired) electrons. The molecule has 6 rings (SSSR count). The van der Waals surface area contributed by atoms with Gasteiger partial charge in [0.15, 0.2) is 17.7 Å². The SMILES string of the molecule is CC[C@H](C)[C@@H]1NC(=O)CNC(=O)[C@@H]2Cc3c([nH]c4c(CSCCCCNC(=O)CCCC(=O)Oc5c(F)c(F)cc(F)c5F)c(OC)ccc34)[S+]([O-])C[C@H](NC(=O)CNC1=O)C(=O)N[C@@H](CC(N)=O)C(=O)N1C[C@H](O)C[C@H]1C(=O)N[C@@H]([C@@H](C)[C@@H](O)CO)C(=O)N2. The van der Waals surface area contributed by atoms with Crippen LogP contribution in [0.5, 0.6) is 11.5 Å². The lowest BCUT2D eigenvalue weighted by Gasteiger charge is -2.32. The lowest BCUT2D eigenvalue weighted by Crippen LogP contribution is -2.62. The van der Waals surface area contributed by atoms with Gasteiger partial charge in [0.1, 0.15) is 41.7 Å². The molecule has 10 amide bonds. The number of nitrogens with two attached hydrogens (primary N) is 1. The number of nitrogens with one attached hydrogen (secondary N) is 9. The molecule has 4 heterocycles. The number of aliphatic hydroxyl groups is 3. The number of benzene rings is 2. The molecule has 3 aliphatic heterocycles. The van der Waals surface area contributed by atoms with E-state index in [0.29, 0.717) is 36.3 Å². The van der Waals surface area contributed by atoms with E-state index < -0.39 is 223 Å². The van der Waals surface area contributed by atoms with Gasteiger partial charge in [-0.1, -0.05) is 27.2 Å². The van der Waals surface area contributed by atoms with E-state index in [2.05, 4.69) is 52.3 Å². The third-order valence-corrected chi connectivity index (χ3v) is 17.9. The van der Waals surface area contributed by atoms with Crippen LogP contribution in [0.2, 0.25) is 0 Å². The monoisotopic (exact) mass is 1310 g/mol. The number of fused-ring (bicyclic) bond motifs is 5. The number of thioether (sulfide) groups is 1. The minimum atomic E-state index is -2.50. The number of primary amides is 1. The summed E-state index contributed by atoms with van der Waals surface area (Å²) in [6.07, 6.45) is -4.68. The minimum absolute atomic E-state index is 0.0464. The summed E-state index contributed by atoms with van der Waals surface area (Å²) in [5.41, 5.74) is 6.35. The van der Waals surface area contributed by atoms with Crippen molar-refractivity contribution in [2.24, 2.45) is 17.6 Å². The number of ether oxygens (including phenoxy) is 2. The lowest BCUT2D eigenvalue weighted by atomic mass is 9.93. The number of aromatic amines is 1. The second-order valence-electron chi connectivity index (χ2n) is 21.8. The number of rotatable bonds is 20. The van der Waals surface area contributed by atoms with Crippen LogP contribution in [0.3, 0.4) is 0 Å². The summed E-state index contributed by atoms with van der Waals surface area (Å²) in [4.78, 5) is 156. The second kappa shape index (κ2) is 32.8. The molecule has 0 saturated carbocycles. The first kappa shape index (κ1) is 71.3. The predicted octanol–water partition coefficient (Wildman–Crippen LogP) is -2.16. The van der Waals surface area contributed by atoms with E-state index in [1.54, 1.807) is 26.0 Å². The predicted molar refractivity (Wildman–Crippen MR) is 311 cm³/mol. The van der Waals surface area contributed by atoms with Crippen molar-refractivity contribution in [3.63, 3.8) is 0 Å². The number of methoxy groups -OCH3 is 1. The van der Waals surface area contributed by atoms with Crippen molar-refractivity contribution in [2.45, 2.75) is 138 Å². The highest BCUT2D eigenvalue weighted by molar-refractivity contribution is 7.98. The number of nitrogens with zero attached hydrogens (tertiary/aromatic N) is 1. The van der Waals surface area contributed by atoms with Crippen molar-refractivity contribution in [1.29, 1.82) is 0 Å². The van der Waals surface area contributed by atoms with Gasteiger partial charge in [0.05, 0.1) is 51.0 Å². The van der Waals surface area contributed by atoms with E-state index >= 15 is 4.55 Å². The van der Waals surface area contributed by atoms with Gasteiger partial charge in [0.2, 0.25) is 81.5 Å². The van der Waals surface area contributed by atoms with Gasteiger partial charge < -0.3 is 87.5 Å². The molecular weight excluding hydrogens is 1240 g/mol. The molecule has 0 spiro atoms. The largest absolute Gasteiger partial charge is 0.610 e. The minimum Gasteiger partial charge on any atom is -0.610 e. The van der Waals surface area contributed by atoms with Crippen molar-refractivity contribution >= 4 is 98.9 Å². The highest BCUT2D eigenvalue weighted by atomic mass is 32.2. The van der Waals surface area contributed by atoms with Crippen LogP contribution >= 0.6 is 11.8 Å². The molecule has 34 heteroatoms. The number of H-pyrrole nitrogens is 1. The van der Waals surface area contributed by atoms with Crippen LogP contribution in [-0.4, -0.2) is 195 Å². The maximum absolute atomic E-state index is 15.3. The van der Waals surface area contributed by atoms with Gasteiger partial charge in [0, 0.05) is 84.2 Å². The Labute approximate surface area is 519 Å². The Balaban J connectivity index is 1.35. The van der Waals surface area contributed by atoms with Gasteiger partial charge in [0.25, 0.3) is 0 Å². The summed E-state index contributed by atoms with van der Waals surface area (Å²) < 4.78 is 80.5. The van der Waals surface area contributed by atoms with E-state index in [1.165, 1.54) is 25.8 Å². The number of hydrogen-bond acceptors (Lipinski definition) is 18. The average molecular weight is 1310 g/mol. The zero-order valence-corrected chi connectivity index (χ0v) is 51.1. The summed E-state index contributed by atoms with van der Waals surface area (Å²) in [6, 6.07) is -7.33. The van der Waals surface area contributed by atoms with Crippen molar-refractivity contribution in [1.82, 2.24) is 52.4 Å². The first-order valence-corrected chi connectivity index (χ1v) is 31.2. The van der Waals surface area contributed by atoms with Crippen molar-refractivity contribution in [3.05, 3.63) is 52.6 Å². The molecule has 1 unspecified atom stereocenters. The van der Waals surface area contributed by atoms with E-state index in [4.69, 9.17) is 10.5 Å². The fourth-order valence-corrected chi connectivity index (χ4v) is 12.6. The van der Waals surface area contributed by atoms with E-state index in [0.717, 1.165) is 4.90 Å². The van der Waals surface area contributed by atoms with Gasteiger partial charge in [-0.25, -0.2) is 8.78 Å². The van der Waals surface area contributed by atoms with Gasteiger partial charge in [-0.3, -0.25) is 52.7 Å². The van der Waals surface area contributed by atoms with Crippen molar-refractivity contribution in [2.75, 3.05) is 51.4 Å². The summed E-state index contributed by atoms with van der Waals surface area (Å²) in [6.45, 7) is 1.66. The normalized spacial score (nSPS) is 23.5. The molecule has 90 heavy (non-hydrogen) atoms. The van der Waals surface area contributed by atoms with Crippen molar-refractivity contribution < 1.29 is 99.6 Å². The Morgan fingerprint density at radius 2 is 1.53 bits per heavy atom. The smallest absolute Gasteiger partial charge is 0.311 e. The van der Waals surface area contributed by atoms with Crippen LogP contribution in [0, 0.1) is 35.1 Å². The quantitative estimate of drug-likeness (QED) is 0.0143. The standard InChI is InChI=1S/C56H73F4N11O17S2/c1-5-25(2)46-53(83)64-19-41(77)65-35-24-90(86)55-29(28-11-12-38(87-4)30(48(28)70-55)23-89-14-7-6-13-62-40(76)9-8-10-43(79)88-49-44(59)31(57)17-32(58)45(49)60)16-33(50(80)63-20-42(78)68-46)66-54(84)47(26(3)37(74)22-72)69-52(82)36-15-27(73)21-71(36)56(85)34(18-39(61)75)67-51(35)81/h11-12,17,25-27,33-37,46-47,70,72-74H,5-10,13-16,18-24H2,1-4H3,(H2,61,75)(H,62,76)(H,63,80)(H,64,83)(H,65,77)(H,66,84)(H,67,81)(H,68,78)(H,69,82)/t25-,26-,27+,33-,34-,35-,36-,37-,46-,47-,90?/m0/s1. The molecule has 0 aliphatic carbocycles. The van der Waals surface area contributed by atoms with E-state index in [1.807, 2.05) is 0 Å². The highest BCUT2D eigenvalue weighted by Gasteiger charge is 2.46. The fraction of sp³-hybridized carbons (Fsp3) is 0.554. The number of aromatic nitrogens is 1. The maximum Gasteiger partial charge on any atom is 0.311 e. The molecule has 14 N–H and O–H groups in total. The molecule has 1 saturated heterocycles. The summed E-state index contributed by atoms with van der Waals surface area (Å²) in [5.74, 6) is -22.1. The van der Waals surface area contributed by atoms with Crippen LogP contribution in [0.1, 0.15) is 83.3 Å². The van der Waals surface area contributed by atoms with Crippen LogP contribution in [0.15, 0.2) is 23.2 Å². The van der Waals surface area contributed by atoms with Crippen LogP contribution in [0.4, 0.5) is 17.6 Å². The molecule has 3 aromatic rings. The molecule has 494 valence electrons. The number of carbonyl (C=O) groups is 11. The molecule has 1 aromatic heterocycles. The fourth-order valence-electron chi connectivity index (χ4n) is 10.2. The first-order chi connectivity index (χ1) is 42.7. The number of halogens is 4. The Morgan fingerprint density at radius 1 is 0.856 bits per heavy atom. The number of aliphatic hydroxyl groups excluding tert-OH is 3.